The first-order chi connectivity index (χ1) is 8.78. The van der Waals surface area contributed by atoms with Crippen molar-refractivity contribution in [3.63, 3.8) is 0 Å². The molecule has 1 heterocycles. The smallest absolute Gasteiger partial charge is 0.0991 e. The van der Waals surface area contributed by atoms with Gasteiger partial charge in [0.25, 0.3) is 0 Å². The molecular formula is C14H18N2O2. The highest BCUT2D eigenvalue weighted by molar-refractivity contribution is 5.47. The molecule has 1 aliphatic heterocycles. The number of hydrogen-bond acceptors (Lipinski definition) is 4. The topological polar surface area (TPSA) is 54.3 Å². The quantitative estimate of drug-likeness (QED) is 0.865. The summed E-state index contributed by atoms with van der Waals surface area (Å²) in [5.41, 5.74) is 1.68. The summed E-state index contributed by atoms with van der Waals surface area (Å²) in [6.07, 6.45) is 1.24. The molecule has 0 aromatic heterocycles. The molecule has 0 amide bonds. The average molecular weight is 246 g/mol. The van der Waals surface area contributed by atoms with E-state index in [1.54, 1.807) is 12.1 Å². The molecule has 0 radical (unpaired) electrons. The zero-order chi connectivity index (χ0) is 12.8. The molecule has 0 saturated carbocycles. The molecular weight excluding hydrogens is 228 g/mol. The third-order valence-electron chi connectivity index (χ3n) is 2.90. The number of anilines is 1. The van der Waals surface area contributed by atoms with Crippen LogP contribution in [0.2, 0.25) is 0 Å². The van der Waals surface area contributed by atoms with Crippen molar-refractivity contribution in [1.29, 1.82) is 5.26 Å². The Kier molecular flexibility index (Phi) is 4.57. The van der Waals surface area contributed by atoms with Gasteiger partial charge in [0.05, 0.1) is 31.0 Å². The lowest BCUT2D eigenvalue weighted by atomic mass is 10.2. The number of nitriles is 1. The highest BCUT2D eigenvalue weighted by Crippen LogP contribution is 2.12. The number of nitrogens with zero attached hydrogens (tertiary/aromatic N) is 1. The van der Waals surface area contributed by atoms with Crippen LogP contribution in [0.4, 0.5) is 5.69 Å². The minimum atomic E-state index is 0.235. The predicted octanol–water partition coefficient (Wildman–Crippen LogP) is 2.16. The van der Waals surface area contributed by atoms with Crippen LogP contribution in [0.25, 0.3) is 0 Å². The van der Waals surface area contributed by atoms with E-state index in [4.69, 9.17) is 14.7 Å². The Hall–Kier alpha value is -1.57. The van der Waals surface area contributed by atoms with Crippen LogP contribution >= 0.6 is 0 Å². The molecule has 4 nitrogen and oxygen atoms in total. The standard InChI is InChI=1S/C14H18N2O2/c1-11(9-18-14-6-7-17-10-14)16-13-4-2-12(8-15)3-5-13/h2-5,11,14,16H,6-7,9-10H2,1H3. The van der Waals surface area contributed by atoms with E-state index < -0.39 is 0 Å². The Morgan fingerprint density at radius 1 is 1.50 bits per heavy atom. The summed E-state index contributed by atoms with van der Waals surface area (Å²) in [4.78, 5) is 0. The van der Waals surface area contributed by atoms with Gasteiger partial charge in [-0.2, -0.15) is 5.26 Å². The normalized spacial score (nSPS) is 20.3. The van der Waals surface area contributed by atoms with Crippen molar-refractivity contribution in [3.8, 4) is 6.07 Å². The summed E-state index contributed by atoms with van der Waals surface area (Å²) in [7, 11) is 0. The van der Waals surface area contributed by atoms with Crippen molar-refractivity contribution in [1.82, 2.24) is 0 Å². The Labute approximate surface area is 108 Å². The summed E-state index contributed by atoms with van der Waals surface area (Å²) < 4.78 is 11.0. The summed E-state index contributed by atoms with van der Waals surface area (Å²) in [6.45, 7) is 4.26. The summed E-state index contributed by atoms with van der Waals surface area (Å²) in [5, 5.41) is 12.1. The lowest BCUT2D eigenvalue weighted by Gasteiger charge is -2.17. The zero-order valence-corrected chi connectivity index (χ0v) is 10.6. The minimum Gasteiger partial charge on any atom is -0.380 e. The van der Waals surface area contributed by atoms with Gasteiger partial charge in [-0.3, -0.25) is 0 Å². The number of benzene rings is 1. The van der Waals surface area contributed by atoms with E-state index in [9.17, 15) is 0 Å². The van der Waals surface area contributed by atoms with Gasteiger partial charge in [-0.05, 0) is 37.6 Å². The van der Waals surface area contributed by atoms with Crippen LogP contribution in [-0.4, -0.2) is 32.0 Å². The minimum absolute atomic E-state index is 0.235. The Morgan fingerprint density at radius 3 is 2.89 bits per heavy atom. The van der Waals surface area contributed by atoms with E-state index in [-0.39, 0.29) is 12.1 Å². The second-order valence-corrected chi connectivity index (χ2v) is 4.55. The van der Waals surface area contributed by atoms with Crippen molar-refractivity contribution >= 4 is 5.69 Å². The van der Waals surface area contributed by atoms with Crippen LogP contribution in [0.5, 0.6) is 0 Å². The molecule has 18 heavy (non-hydrogen) atoms. The third-order valence-corrected chi connectivity index (χ3v) is 2.90. The second kappa shape index (κ2) is 6.39. The zero-order valence-electron chi connectivity index (χ0n) is 10.6. The Balaban J connectivity index is 1.75. The van der Waals surface area contributed by atoms with Crippen LogP contribution < -0.4 is 5.32 Å². The summed E-state index contributed by atoms with van der Waals surface area (Å²) in [6, 6.07) is 9.77. The van der Waals surface area contributed by atoms with Gasteiger partial charge in [0, 0.05) is 18.3 Å². The monoisotopic (exact) mass is 246 g/mol. The van der Waals surface area contributed by atoms with Gasteiger partial charge in [0.1, 0.15) is 0 Å². The molecule has 1 fully saturated rings. The highest BCUT2D eigenvalue weighted by atomic mass is 16.5. The SMILES string of the molecule is CC(COC1CCOC1)Nc1ccc(C#N)cc1. The van der Waals surface area contributed by atoms with Gasteiger partial charge in [-0.25, -0.2) is 0 Å². The number of ether oxygens (including phenoxy) is 2. The number of rotatable bonds is 5. The van der Waals surface area contributed by atoms with E-state index in [1.165, 1.54) is 0 Å². The fourth-order valence-electron chi connectivity index (χ4n) is 1.89. The molecule has 96 valence electrons. The lowest BCUT2D eigenvalue weighted by molar-refractivity contribution is 0.0395. The third kappa shape index (κ3) is 3.73. The van der Waals surface area contributed by atoms with Crippen LogP contribution in [0.3, 0.4) is 0 Å². The van der Waals surface area contributed by atoms with Crippen molar-refractivity contribution in [3.05, 3.63) is 29.8 Å². The van der Waals surface area contributed by atoms with Crippen molar-refractivity contribution in [2.75, 3.05) is 25.1 Å². The largest absolute Gasteiger partial charge is 0.380 e. The molecule has 1 saturated heterocycles. The maximum Gasteiger partial charge on any atom is 0.0991 e. The van der Waals surface area contributed by atoms with E-state index in [2.05, 4.69) is 18.3 Å². The van der Waals surface area contributed by atoms with E-state index in [1.807, 2.05) is 12.1 Å². The average Bonchev–Trinajstić information content (AvgIpc) is 2.90. The highest BCUT2D eigenvalue weighted by Gasteiger charge is 2.16. The summed E-state index contributed by atoms with van der Waals surface area (Å²) >= 11 is 0. The van der Waals surface area contributed by atoms with Gasteiger partial charge in [0.15, 0.2) is 0 Å². The molecule has 1 N–H and O–H groups in total. The fourth-order valence-corrected chi connectivity index (χ4v) is 1.89. The van der Waals surface area contributed by atoms with E-state index >= 15 is 0 Å². The molecule has 0 spiro atoms. The van der Waals surface area contributed by atoms with Gasteiger partial charge in [-0.1, -0.05) is 0 Å². The van der Waals surface area contributed by atoms with Crippen LogP contribution in [0, 0.1) is 11.3 Å². The molecule has 1 aliphatic rings. The molecule has 0 aliphatic carbocycles. The van der Waals surface area contributed by atoms with Crippen LogP contribution in [-0.2, 0) is 9.47 Å². The van der Waals surface area contributed by atoms with Gasteiger partial charge >= 0.3 is 0 Å². The van der Waals surface area contributed by atoms with Crippen LogP contribution in [0.1, 0.15) is 18.9 Å². The molecule has 2 rings (SSSR count). The fraction of sp³-hybridized carbons (Fsp3) is 0.500. The second-order valence-electron chi connectivity index (χ2n) is 4.55. The number of hydrogen-bond donors (Lipinski definition) is 1. The van der Waals surface area contributed by atoms with Crippen molar-refractivity contribution in [2.45, 2.75) is 25.5 Å². The van der Waals surface area contributed by atoms with Crippen molar-refractivity contribution in [2.24, 2.45) is 0 Å². The predicted molar refractivity (Wildman–Crippen MR) is 69.4 cm³/mol. The summed E-state index contributed by atoms with van der Waals surface area (Å²) in [5.74, 6) is 0. The first kappa shape index (κ1) is 12.9. The van der Waals surface area contributed by atoms with Gasteiger partial charge < -0.3 is 14.8 Å². The Bertz CT molecular complexity index is 405. The van der Waals surface area contributed by atoms with Gasteiger partial charge in [-0.15, -0.1) is 0 Å². The molecule has 4 heteroatoms. The molecule has 2 atom stereocenters. The van der Waals surface area contributed by atoms with Gasteiger partial charge in [0.2, 0.25) is 0 Å². The molecule has 2 unspecified atom stereocenters. The first-order valence-electron chi connectivity index (χ1n) is 6.24. The molecule has 1 aromatic rings. The van der Waals surface area contributed by atoms with E-state index in [0.717, 1.165) is 18.7 Å². The molecule has 0 bridgehead atoms. The maximum absolute atomic E-state index is 8.71. The number of nitrogens with one attached hydrogen (secondary N) is 1. The van der Waals surface area contributed by atoms with E-state index in [0.29, 0.717) is 18.8 Å². The Morgan fingerprint density at radius 2 is 2.28 bits per heavy atom. The maximum atomic E-state index is 8.71. The lowest BCUT2D eigenvalue weighted by Crippen LogP contribution is -2.25. The first-order valence-corrected chi connectivity index (χ1v) is 6.24. The van der Waals surface area contributed by atoms with Crippen LogP contribution in [0.15, 0.2) is 24.3 Å². The molecule has 1 aromatic carbocycles. The van der Waals surface area contributed by atoms with Crippen molar-refractivity contribution < 1.29 is 9.47 Å².